The Labute approximate surface area is 126 Å². The van der Waals surface area contributed by atoms with Crippen LogP contribution in [0.15, 0.2) is 24.3 Å². The topological polar surface area (TPSA) is 34.1 Å². The van der Waals surface area contributed by atoms with Crippen molar-refractivity contribution in [1.29, 1.82) is 0 Å². The number of pyridine rings is 1. The first-order valence-corrected chi connectivity index (χ1v) is 6.58. The fraction of sp³-hybridized carbons (Fsp3) is 0.154. The normalized spacial score (nSPS) is 10.4. The molecule has 0 fully saturated rings. The van der Waals surface area contributed by atoms with Crippen LogP contribution in [0.2, 0.25) is 15.2 Å². The molecule has 0 amide bonds. The van der Waals surface area contributed by atoms with Crippen molar-refractivity contribution in [2.24, 2.45) is 0 Å². The van der Waals surface area contributed by atoms with Gasteiger partial charge in [0.05, 0.1) is 17.2 Å². The zero-order chi connectivity index (χ0) is 14.0. The molecule has 1 N–H and O–H groups in total. The maximum Gasteiger partial charge on any atom is 0.151 e. The lowest BCUT2D eigenvalue weighted by atomic mass is 10.2. The molecule has 3 nitrogen and oxygen atoms in total. The van der Waals surface area contributed by atoms with E-state index in [1.165, 1.54) is 0 Å². The fourth-order valence-electron chi connectivity index (χ4n) is 1.62. The molecule has 0 bridgehead atoms. The third kappa shape index (κ3) is 3.24. The highest BCUT2D eigenvalue weighted by Gasteiger charge is 2.08. The van der Waals surface area contributed by atoms with Gasteiger partial charge in [0.2, 0.25) is 0 Å². The highest BCUT2D eigenvalue weighted by molar-refractivity contribution is 6.43. The molecule has 1 aromatic heterocycles. The molecule has 19 heavy (non-hydrogen) atoms. The van der Waals surface area contributed by atoms with Crippen molar-refractivity contribution in [3.05, 3.63) is 45.0 Å². The van der Waals surface area contributed by atoms with Gasteiger partial charge >= 0.3 is 0 Å². The Kier molecular flexibility index (Phi) is 4.40. The SMILES string of the molecule is COc1ccc(Nc2nc(Cl)c(Cl)cc2Cl)cc1C. The second kappa shape index (κ2) is 5.87. The number of nitrogens with one attached hydrogen (secondary N) is 1. The number of hydrogen-bond donors (Lipinski definition) is 1. The van der Waals surface area contributed by atoms with Crippen LogP contribution >= 0.6 is 34.8 Å². The standard InChI is InChI=1S/C13H11Cl3N2O/c1-7-5-8(3-4-11(7)19-2)17-13-10(15)6-9(14)12(16)18-13/h3-6H,1-2H3,(H,17,18). The first-order valence-electron chi connectivity index (χ1n) is 5.44. The van der Waals surface area contributed by atoms with E-state index in [9.17, 15) is 0 Å². The van der Waals surface area contributed by atoms with Gasteiger partial charge in [0, 0.05) is 5.69 Å². The summed E-state index contributed by atoms with van der Waals surface area (Å²) in [4.78, 5) is 4.10. The van der Waals surface area contributed by atoms with Gasteiger partial charge in [-0.25, -0.2) is 4.98 Å². The minimum Gasteiger partial charge on any atom is -0.496 e. The summed E-state index contributed by atoms with van der Waals surface area (Å²) in [7, 11) is 1.63. The van der Waals surface area contributed by atoms with Crippen LogP contribution in [0, 0.1) is 6.92 Å². The first kappa shape index (κ1) is 14.3. The van der Waals surface area contributed by atoms with Crippen LogP contribution in [-0.4, -0.2) is 12.1 Å². The van der Waals surface area contributed by atoms with E-state index in [1.54, 1.807) is 13.2 Å². The number of benzene rings is 1. The van der Waals surface area contributed by atoms with Crippen LogP contribution in [0.4, 0.5) is 11.5 Å². The van der Waals surface area contributed by atoms with E-state index >= 15 is 0 Å². The molecule has 0 aliphatic heterocycles. The van der Waals surface area contributed by atoms with Gasteiger partial charge in [-0.15, -0.1) is 0 Å². The predicted octanol–water partition coefficient (Wildman–Crippen LogP) is 5.10. The molecule has 1 aromatic carbocycles. The van der Waals surface area contributed by atoms with Gasteiger partial charge in [-0.2, -0.15) is 0 Å². The van der Waals surface area contributed by atoms with Crippen molar-refractivity contribution in [3.63, 3.8) is 0 Å². The summed E-state index contributed by atoms with van der Waals surface area (Å²) in [5.41, 5.74) is 1.84. The number of aryl methyl sites for hydroxylation is 1. The number of halogens is 3. The van der Waals surface area contributed by atoms with E-state index in [2.05, 4.69) is 10.3 Å². The molecule has 2 rings (SSSR count). The van der Waals surface area contributed by atoms with Gasteiger partial charge in [-0.05, 0) is 36.8 Å². The molecule has 1 heterocycles. The predicted molar refractivity (Wildman–Crippen MR) is 80.3 cm³/mol. The van der Waals surface area contributed by atoms with Crippen LogP contribution in [-0.2, 0) is 0 Å². The summed E-state index contributed by atoms with van der Waals surface area (Å²) >= 11 is 17.8. The summed E-state index contributed by atoms with van der Waals surface area (Å²) in [6.07, 6.45) is 0. The number of hydrogen-bond acceptors (Lipinski definition) is 3. The molecule has 0 saturated carbocycles. The molecular weight excluding hydrogens is 307 g/mol. The number of aromatic nitrogens is 1. The molecule has 0 spiro atoms. The Morgan fingerprint density at radius 2 is 1.84 bits per heavy atom. The van der Waals surface area contributed by atoms with E-state index in [0.29, 0.717) is 15.9 Å². The van der Waals surface area contributed by atoms with E-state index in [0.717, 1.165) is 17.0 Å². The lowest BCUT2D eigenvalue weighted by Gasteiger charge is -2.11. The van der Waals surface area contributed by atoms with Crippen molar-refractivity contribution in [1.82, 2.24) is 4.98 Å². The summed E-state index contributed by atoms with van der Waals surface area (Å²) in [5.74, 6) is 1.28. The largest absolute Gasteiger partial charge is 0.496 e. The lowest BCUT2D eigenvalue weighted by molar-refractivity contribution is 0.412. The van der Waals surface area contributed by atoms with Crippen LogP contribution in [0.5, 0.6) is 5.75 Å². The van der Waals surface area contributed by atoms with Crippen LogP contribution in [0.1, 0.15) is 5.56 Å². The fourth-order valence-corrected chi connectivity index (χ4v) is 2.17. The van der Waals surface area contributed by atoms with Crippen molar-refractivity contribution in [3.8, 4) is 5.75 Å². The van der Waals surface area contributed by atoms with Crippen molar-refractivity contribution in [2.75, 3.05) is 12.4 Å². The summed E-state index contributed by atoms with van der Waals surface area (Å²) in [6, 6.07) is 7.21. The highest BCUT2D eigenvalue weighted by Crippen LogP contribution is 2.31. The minimum absolute atomic E-state index is 0.207. The minimum atomic E-state index is 0.207. The number of rotatable bonds is 3. The summed E-state index contributed by atoms with van der Waals surface area (Å²) in [5, 5.41) is 4.03. The Morgan fingerprint density at radius 3 is 2.47 bits per heavy atom. The van der Waals surface area contributed by atoms with Crippen molar-refractivity contribution >= 4 is 46.3 Å². The van der Waals surface area contributed by atoms with E-state index in [1.807, 2.05) is 25.1 Å². The molecule has 0 unspecified atom stereocenters. The maximum atomic E-state index is 6.06. The van der Waals surface area contributed by atoms with E-state index < -0.39 is 0 Å². The molecule has 100 valence electrons. The Balaban J connectivity index is 2.31. The zero-order valence-electron chi connectivity index (χ0n) is 10.3. The molecule has 0 radical (unpaired) electrons. The third-order valence-corrected chi connectivity index (χ3v) is 3.51. The number of ether oxygens (including phenoxy) is 1. The molecule has 6 heteroatoms. The van der Waals surface area contributed by atoms with Gasteiger partial charge < -0.3 is 10.1 Å². The Hall–Kier alpha value is -1.16. The quantitative estimate of drug-likeness (QED) is 0.799. The highest BCUT2D eigenvalue weighted by atomic mass is 35.5. The van der Waals surface area contributed by atoms with Crippen molar-refractivity contribution in [2.45, 2.75) is 6.92 Å². The van der Waals surface area contributed by atoms with Crippen LogP contribution in [0.3, 0.4) is 0 Å². The number of anilines is 2. The third-order valence-electron chi connectivity index (χ3n) is 2.54. The second-order valence-electron chi connectivity index (χ2n) is 3.90. The summed E-state index contributed by atoms with van der Waals surface area (Å²) < 4.78 is 5.20. The molecule has 0 atom stereocenters. The smallest absolute Gasteiger partial charge is 0.151 e. The second-order valence-corrected chi connectivity index (χ2v) is 5.07. The van der Waals surface area contributed by atoms with Gasteiger partial charge in [-0.3, -0.25) is 0 Å². The Bertz CT molecular complexity index is 617. The van der Waals surface area contributed by atoms with Crippen molar-refractivity contribution < 1.29 is 4.74 Å². The van der Waals surface area contributed by atoms with Gasteiger partial charge in [0.15, 0.2) is 5.82 Å². The maximum absolute atomic E-state index is 6.06. The van der Waals surface area contributed by atoms with Gasteiger partial charge in [0.25, 0.3) is 0 Å². The van der Waals surface area contributed by atoms with Gasteiger partial charge in [0.1, 0.15) is 10.9 Å². The average molecular weight is 318 g/mol. The summed E-state index contributed by atoms with van der Waals surface area (Å²) in [6.45, 7) is 1.95. The molecule has 2 aromatic rings. The molecular formula is C13H11Cl3N2O. The Morgan fingerprint density at radius 1 is 1.11 bits per heavy atom. The molecule has 0 aliphatic carbocycles. The zero-order valence-corrected chi connectivity index (χ0v) is 12.6. The van der Waals surface area contributed by atoms with E-state index in [4.69, 9.17) is 39.5 Å². The number of methoxy groups -OCH3 is 1. The van der Waals surface area contributed by atoms with Crippen LogP contribution < -0.4 is 10.1 Å². The molecule has 0 aliphatic rings. The average Bonchev–Trinajstić information content (AvgIpc) is 2.36. The van der Waals surface area contributed by atoms with Gasteiger partial charge in [-0.1, -0.05) is 34.8 Å². The monoisotopic (exact) mass is 316 g/mol. The van der Waals surface area contributed by atoms with E-state index in [-0.39, 0.29) is 5.15 Å². The molecule has 0 saturated heterocycles. The van der Waals surface area contributed by atoms with Crippen LogP contribution in [0.25, 0.3) is 0 Å². The number of nitrogens with zero attached hydrogens (tertiary/aromatic N) is 1. The first-order chi connectivity index (χ1) is 9.01. The lowest BCUT2D eigenvalue weighted by Crippen LogP contribution is -1.96.